The highest BCUT2D eigenvalue weighted by Gasteiger charge is 2.33. The summed E-state index contributed by atoms with van der Waals surface area (Å²) >= 11 is 5.29. The van der Waals surface area contributed by atoms with Crippen LogP contribution >= 0.6 is 12.2 Å². The van der Waals surface area contributed by atoms with Crippen molar-refractivity contribution in [3.63, 3.8) is 0 Å². The van der Waals surface area contributed by atoms with E-state index in [4.69, 9.17) is 21.7 Å². The van der Waals surface area contributed by atoms with Crippen molar-refractivity contribution in [1.82, 2.24) is 20.5 Å². The van der Waals surface area contributed by atoms with Crippen LogP contribution in [-0.4, -0.2) is 60.2 Å². The van der Waals surface area contributed by atoms with Gasteiger partial charge in [0.1, 0.15) is 12.4 Å². The summed E-state index contributed by atoms with van der Waals surface area (Å²) in [5.74, 6) is -0.0460. The highest BCUT2D eigenvalue weighted by Crippen LogP contribution is 2.35. The van der Waals surface area contributed by atoms with Crippen LogP contribution in [-0.2, 0) is 11.3 Å². The van der Waals surface area contributed by atoms with Crippen molar-refractivity contribution in [3.05, 3.63) is 71.5 Å². The minimum atomic E-state index is -0.332. The molecule has 3 aromatic rings. The van der Waals surface area contributed by atoms with Crippen LogP contribution in [0.25, 0.3) is 10.8 Å². The molecule has 2 N–H and O–H groups in total. The number of nitrogens with one attached hydrogen (secondary N) is 2. The van der Waals surface area contributed by atoms with Gasteiger partial charge in [-0.15, -0.1) is 0 Å². The zero-order valence-corrected chi connectivity index (χ0v) is 19.0. The lowest BCUT2D eigenvalue weighted by molar-refractivity contribution is 0.0613. The maximum Gasteiger partial charge on any atom is 0.261 e. The summed E-state index contributed by atoms with van der Waals surface area (Å²) in [4.78, 5) is 31.7. The van der Waals surface area contributed by atoms with Crippen LogP contribution in [0.3, 0.4) is 0 Å². The van der Waals surface area contributed by atoms with Crippen molar-refractivity contribution in [2.24, 2.45) is 0 Å². The van der Waals surface area contributed by atoms with Gasteiger partial charge in [0.05, 0.1) is 18.8 Å². The van der Waals surface area contributed by atoms with Crippen LogP contribution in [0, 0.1) is 0 Å². The van der Waals surface area contributed by atoms with Gasteiger partial charge in [-0.1, -0.05) is 18.2 Å². The van der Waals surface area contributed by atoms with Crippen LogP contribution in [0.15, 0.2) is 54.7 Å². The predicted molar refractivity (Wildman–Crippen MR) is 128 cm³/mol. The van der Waals surface area contributed by atoms with Gasteiger partial charge in [0, 0.05) is 48.3 Å². The molecular weight excluding hydrogens is 440 g/mol. The molecule has 170 valence electrons. The number of carbonyl (C=O) groups excluding carboxylic acids is 2. The molecule has 0 atom stereocenters. The number of benzene rings is 2. The molecule has 0 saturated carbocycles. The first kappa shape index (κ1) is 22.6. The van der Waals surface area contributed by atoms with Crippen LogP contribution in [0.4, 0.5) is 0 Å². The molecule has 0 bridgehead atoms. The van der Waals surface area contributed by atoms with E-state index in [9.17, 15) is 9.59 Å². The minimum absolute atomic E-state index is 0.186. The summed E-state index contributed by atoms with van der Waals surface area (Å²) in [7, 11) is 1.60. The van der Waals surface area contributed by atoms with Gasteiger partial charge in [0.2, 0.25) is 0 Å². The fourth-order valence-corrected chi connectivity index (χ4v) is 3.87. The van der Waals surface area contributed by atoms with E-state index in [2.05, 4.69) is 15.6 Å². The molecule has 8 nitrogen and oxygen atoms in total. The summed E-state index contributed by atoms with van der Waals surface area (Å²) in [5, 5.41) is 7.90. The summed E-state index contributed by atoms with van der Waals surface area (Å²) in [6.07, 6.45) is 1.72. The Morgan fingerprint density at radius 1 is 1.00 bits per heavy atom. The SMILES string of the molecule is COCCOc1ccc2c3c(cccc13)C(=O)N(CCNC(=S)NCc1ccccn1)C2=O. The highest BCUT2D eigenvalue weighted by molar-refractivity contribution is 7.80. The number of thiocarbonyl (C=S) groups is 1. The lowest BCUT2D eigenvalue weighted by Crippen LogP contribution is -2.46. The van der Waals surface area contributed by atoms with Crippen LogP contribution < -0.4 is 15.4 Å². The van der Waals surface area contributed by atoms with E-state index in [0.717, 1.165) is 11.1 Å². The third-order valence-electron chi connectivity index (χ3n) is 5.27. The fourth-order valence-electron chi connectivity index (χ4n) is 3.70. The van der Waals surface area contributed by atoms with Gasteiger partial charge in [-0.3, -0.25) is 19.5 Å². The molecule has 0 aliphatic carbocycles. The number of pyridine rings is 1. The summed E-state index contributed by atoms with van der Waals surface area (Å²) < 4.78 is 10.8. The maximum atomic E-state index is 13.1. The van der Waals surface area contributed by atoms with Gasteiger partial charge < -0.3 is 20.1 Å². The zero-order chi connectivity index (χ0) is 23.2. The number of methoxy groups -OCH3 is 1. The lowest BCUT2D eigenvalue weighted by atomic mass is 9.93. The molecule has 9 heteroatoms. The Morgan fingerprint density at radius 2 is 1.82 bits per heavy atom. The molecule has 2 aromatic carbocycles. The third kappa shape index (κ3) is 4.94. The molecule has 0 spiro atoms. The molecule has 1 aromatic heterocycles. The Kier molecular flexibility index (Phi) is 7.11. The number of carbonyl (C=O) groups is 2. The molecule has 2 heterocycles. The maximum absolute atomic E-state index is 13.1. The Hall–Kier alpha value is -3.56. The number of hydrogen-bond donors (Lipinski definition) is 2. The number of ether oxygens (including phenoxy) is 2. The predicted octanol–water partition coefficient (Wildman–Crippen LogP) is 2.52. The smallest absolute Gasteiger partial charge is 0.261 e. The number of nitrogens with zero attached hydrogens (tertiary/aromatic N) is 2. The normalized spacial score (nSPS) is 12.7. The molecule has 33 heavy (non-hydrogen) atoms. The van der Waals surface area contributed by atoms with Gasteiger partial charge in [0.25, 0.3) is 11.8 Å². The monoisotopic (exact) mass is 464 g/mol. The average molecular weight is 465 g/mol. The average Bonchev–Trinajstić information content (AvgIpc) is 2.84. The first-order valence-electron chi connectivity index (χ1n) is 10.6. The molecule has 0 saturated heterocycles. The zero-order valence-electron chi connectivity index (χ0n) is 18.2. The van der Waals surface area contributed by atoms with E-state index in [1.165, 1.54) is 4.90 Å². The highest BCUT2D eigenvalue weighted by atomic mass is 32.1. The second-order valence-electron chi connectivity index (χ2n) is 7.37. The van der Waals surface area contributed by atoms with Crippen molar-refractivity contribution in [2.45, 2.75) is 6.54 Å². The standard InChI is InChI=1S/C24H24N4O4S/c1-31-13-14-32-20-9-8-19-21-17(20)6-4-7-18(21)22(29)28(23(19)30)12-11-26-24(33)27-15-16-5-2-3-10-25-16/h2-10H,11-15H2,1H3,(H2,26,27,33). The number of hydrogen-bond acceptors (Lipinski definition) is 6. The second-order valence-corrected chi connectivity index (χ2v) is 7.78. The molecular formula is C24H24N4O4S. The molecule has 0 fully saturated rings. The Labute approximate surface area is 196 Å². The topological polar surface area (TPSA) is 92.8 Å². The van der Waals surface area contributed by atoms with Crippen molar-refractivity contribution in [2.75, 3.05) is 33.4 Å². The van der Waals surface area contributed by atoms with E-state index in [0.29, 0.717) is 53.7 Å². The number of rotatable bonds is 9. The molecule has 0 unspecified atom stereocenters. The van der Waals surface area contributed by atoms with Crippen molar-refractivity contribution in [3.8, 4) is 5.75 Å². The van der Waals surface area contributed by atoms with Crippen LogP contribution in [0.2, 0.25) is 0 Å². The minimum Gasteiger partial charge on any atom is -0.491 e. The summed E-state index contributed by atoms with van der Waals surface area (Å²) in [5.41, 5.74) is 1.82. The largest absolute Gasteiger partial charge is 0.491 e. The van der Waals surface area contributed by atoms with E-state index in [-0.39, 0.29) is 18.4 Å². The number of aromatic nitrogens is 1. The molecule has 1 aliphatic rings. The molecule has 2 amide bonds. The molecule has 1 aliphatic heterocycles. The lowest BCUT2D eigenvalue weighted by Gasteiger charge is -2.28. The van der Waals surface area contributed by atoms with Crippen molar-refractivity contribution < 1.29 is 19.1 Å². The van der Waals surface area contributed by atoms with Crippen LogP contribution in [0.5, 0.6) is 5.75 Å². The van der Waals surface area contributed by atoms with Gasteiger partial charge >= 0.3 is 0 Å². The van der Waals surface area contributed by atoms with Crippen LogP contribution in [0.1, 0.15) is 26.4 Å². The summed E-state index contributed by atoms with van der Waals surface area (Å²) in [6.45, 7) is 1.82. The van der Waals surface area contributed by atoms with E-state index in [1.807, 2.05) is 24.3 Å². The third-order valence-corrected chi connectivity index (χ3v) is 5.56. The summed E-state index contributed by atoms with van der Waals surface area (Å²) in [6, 6.07) is 14.5. The van der Waals surface area contributed by atoms with E-state index < -0.39 is 0 Å². The van der Waals surface area contributed by atoms with Gasteiger partial charge in [-0.2, -0.15) is 0 Å². The first-order valence-corrected chi connectivity index (χ1v) is 11.0. The van der Waals surface area contributed by atoms with E-state index >= 15 is 0 Å². The second kappa shape index (κ2) is 10.4. The Balaban J connectivity index is 1.42. The Bertz CT molecular complexity index is 1160. The van der Waals surface area contributed by atoms with Crippen molar-refractivity contribution in [1.29, 1.82) is 0 Å². The fraction of sp³-hybridized carbons (Fsp3) is 0.250. The van der Waals surface area contributed by atoms with Crippen molar-refractivity contribution >= 4 is 39.9 Å². The van der Waals surface area contributed by atoms with Gasteiger partial charge in [-0.05, 0) is 42.5 Å². The van der Waals surface area contributed by atoms with Gasteiger partial charge in [0.15, 0.2) is 5.11 Å². The van der Waals surface area contributed by atoms with E-state index in [1.54, 1.807) is 37.6 Å². The first-order chi connectivity index (χ1) is 16.1. The van der Waals surface area contributed by atoms with Gasteiger partial charge in [-0.25, -0.2) is 0 Å². The molecule has 0 radical (unpaired) electrons. The number of amides is 2. The number of imide groups is 1. The Morgan fingerprint density at radius 3 is 2.58 bits per heavy atom. The molecule has 4 rings (SSSR count). The quantitative estimate of drug-likeness (QED) is 0.284.